The molecule has 0 aromatic carbocycles. The van der Waals surface area contributed by atoms with Crippen LogP contribution in [0.4, 0.5) is 0 Å². The Kier molecular flexibility index (Phi) is 2.69. The summed E-state index contributed by atoms with van der Waals surface area (Å²) in [5.41, 5.74) is 5.90. The first-order valence-electron chi connectivity index (χ1n) is 4.10. The normalized spacial score (nSPS) is 33.6. The highest BCUT2D eigenvalue weighted by molar-refractivity contribution is 4.81. The highest BCUT2D eigenvalue weighted by Crippen LogP contribution is 2.23. The predicted molar refractivity (Wildman–Crippen MR) is 43.9 cm³/mol. The minimum Gasteiger partial charge on any atom is -0.327 e. The minimum atomic E-state index is 0.474. The van der Waals surface area contributed by atoms with Crippen molar-refractivity contribution in [2.45, 2.75) is 25.3 Å². The van der Waals surface area contributed by atoms with E-state index in [0.29, 0.717) is 6.04 Å². The van der Waals surface area contributed by atoms with Crippen molar-refractivity contribution in [3.63, 3.8) is 0 Å². The fourth-order valence-electron chi connectivity index (χ4n) is 1.76. The molecule has 2 N–H and O–H groups in total. The van der Waals surface area contributed by atoms with Crippen molar-refractivity contribution in [1.29, 1.82) is 0 Å². The third kappa shape index (κ3) is 1.96. The topological polar surface area (TPSA) is 29.3 Å². The summed E-state index contributed by atoms with van der Waals surface area (Å²) in [6, 6.07) is 0.474. The van der Waals surface area contributed by atoms with Crippen molar-refractivity contribution in [1.82, 2.24) is 4.90 Å². The van der Waals surface area contributed by atoms with Gasteiger partial charge in [0.1, 0.15) is 0 Å². The molecule has 0 bridgehead atoms. The van der Waals surface area contributed by atoms with E-state index in [1.165, 1.54) is 25.8 Å². The molecule has 0 aliphatic heterocycles. The maximum absolute atomic E-state index is 5.90. The minimum absolute atomic E-state index is 0.474. The smallest absolute Gasteiger partial charge is 0.00793 e. The summed E-state index contributed by atoms with van der Waals surface area (Å²) in [4.78, 5) is 2.23. The van der Waals surface area contributed by atoms with Gasteiger partial charge in [-0.25, -0.2) is 0 Å². The van der Waals surface area contributed by atoms with Crippen LogP contribution < -0.4 is 5.73 Å². The lowest BCUT2D eigenvalue weighted by atomic mass is 10.0. The van der Waals surface area contributed by atoms with Crippen molar-refractivity contribution in [3.8, 4) is 0 Å². The number of rotatable bonds is 2. The molecule has 1 rings (SSSR count). The van der Waals surface area contributed by atoms with Crippen LogP contribution in [0.3, 0.4) is 0 Å². The highest BCUT2D eigenvalue weighted by atomic mass is 15.1. The Morgan fingerprint density at radius 3 is 2.50 bits per heavy atom. The van der Waals surface area contributed by atoms with Crippen LogP contribution in [0, 0.1) is 5.92 Å². The van der Waals surface area contributed by atoms with Crippen molar-refractivity contribution in [2.24, 2.45) is 11.7 Å². The van der Waals surface area contributed by atoms with Crippen LogP contribution in [-0.2, 0) is 0 Å². The van der Waals surface area contributed by atoms with Gasteiger partial charge in [0.15, 0.2) is 0 Å². The molecule has 0 radical (unpaired) electrons. The van der Waals surface area contributed by atoms with Crippen LogP contribution in [-0.4, -0.2) is 31.6 Å². The molecule has 0 heterocycles. The zero-order valence-electron chi connectivity index (χ0n) is 7.01. The van der Waals surface area contributed by atoms with Crippen molar-refractivity contribution < 1.29 is 0 Å². The van der Waals surface area contributed by atoms with Crippen LogP contribution in [0.15, 0.2) is 0 Å². The maximum Gasteiger partial charge on any atom is 0.00793 e. The average Bonchev–Trinajstić information content (AvgIpc) is 2.15. The van der Waals surface area contributed by atoms with E-state index in [1.807, 2.05) is 0 Å². The van der Waals surface area contributed by atoms with Gasteiger partial charge in [0.05, 0.1) is 0 Å². The van der Waals surface area contributed by atoms with E-state index in [9.17, 15) is 0 Å². The van der Waals surface area contributed by atoms with Gasteiger partial charge in [-0.3, -0.25) is 0 Å². The summed E-state index contributed by atoms with van der Waals surface area (Å²) < 4.78 is 0. The number of hydrogen-bond donors (Lipinski definition) is 1. The van der Waals surface area contributed by atoms with Gasteiger partial charge in [-0.1, -0.05) is 6.42 Å². The molecule has 2 atom stereocenters. The third-order valence-electron chi connectivity index (χ3n) is 2.32. The van der Waals surface area contributed by atoms with E-state index in [0.717, 1.165) is 5.92 Å². The van der Waals surface area contributed by atoms with E-state index in [4.69, 9.17) is 5.73 Å². The summed E-state index contributed by atoms with van der Waals surface area (Å²) in [6.45, 7) is 1.17. The van der Waals surface area contributed by atoms with Gasteiger partial charge >= 0.3 is 0 Å². The van der Waals surface area contributed by atoms with Crippen LogP contribution in [0.5, 0.6) is 0 Å². The molecule has 10 heavy (non-hydrogen) atoms. The summed E-state index contributed by atoms with van der Waals surface area (Å²) in [5, 5.41) is 0. The molecule has 0 aromatic heterocycles. The number of nitrogens with zero attached hydrogens (tertiary/aromatic N) is 1. The fraction of sp³-hybridized carbons (Fsp3) is 1.00. The zero-order chi connectivity index (χ0) is 7.56. The van der Waals surface area contributed by atoms with Gasteiger partial charge < -0.3 is 10.6 Å². The summed E-state index contributed by atoms with van der Waals surface area (Å²) in [6.07, 6.45) is 3.90. The summed E-state index contributed by atoms with van der Waals surface area (Å²) in [5.74, 6) is 0.759. The van der Waals surface area contributed by atoms with E-state index >= 15 is 0 Å². The van der Waals surface area contributed by atoms with Gasteiger partial charge in [-0.2, -0.15) is 0 Å². The summed E-state index contributed by atoms with van der Waals surface area (Å²) >= 11 is 0. The molecule has 1 aliphatic carbocycles. The van der Waals surface area contributed by atoms with Gasteiger partial charge in [-0.15, -0.1) is 0 Å². The predicted octanol–water partition coefficient (Wildman–Crippen LogP) is 0.675. The lowest BCUT2D eigenvalue weighted by Crippen LogP contribution is -2.32. The molecule has 60 valence electrons. The lowest BCUT2D eigenvalue weighted by molar-refractivity contribution is 0.310. The number of hydrogen-bond acceptors (Lipinski definition) is 2. The van der Waals surface area contributed by atoms with E-state index in [-0.39, 0.29) is 0 Å². The zero-order valence-corrected chi connectivity index (χ0v) is 7.01. The van der Waals surface area contributed by atoms with Crippen LogP contribution >= 0.6 is 0 Å². The highest BCUT2D eigenvalue weighted by Gasteiger charge is 2.23. The molecule has 1 saturated carbocycles. The molecule has 1 aliphatic rings. The van der Waals surface area contributed by atoms with Gasteiger partial charge in [0, 0.05) is 12.6 Å². The van der Waals surface area contributed by atoms with Gasteiger partial charge in [0.2, 0.25) is 0 Å². The third-order valence-corrected chi connectivity index (χ3v) is 2.32. The second-order valence-corrected chi connectivity index (χ2v) is 3.62. The van der Waals surface area contributed by atoms with E-state index < -0.39 is 0 Å². The Bertz CT molecular complexity index is 101. The molecule has 0 saturated heterocycles. The molecule has 0 spiro atoms. The molecular weight excluding hydrogens is 124 g/mol. The first-order chi connectivity index (χ1) is 4.70. The van der Waals surface area contributed by atoms with E-state index in [1.54, 1.807) is 0 Å². The van der Waals surface area contributed by atoms with Crippen molar-refractivity contribution in [3.05, 3.63) is 0 Å². The molecule has 0 unspecified atom stereocenters. The van der Waals surface area contributed by atoms with Crippen molar-refractivity contribution >= 4 is 0 Å². The van der Waals surface area contributed by atoms with E-state index in [2.05, 4.69) is 19.0 Å². The Morgan fingerprint density at radius 2 is 2.10 bits per heavy atom. The second-order valence-electron chi connectivity index (χ2n) is 3.62. The molecule has 2 nitrogen and oxygen atoms in total. The Balaban J connectivity index is 2.26. The largest absolute Gasteiger partial charge is 0.327 e. The van der Waals surface area contributed by atoms with Crippen LogP contribution in [0.25, 0.3) is 0 Å². The molecular formula is C8H18N2. The summed E-state index contributed by atoms with van der Waals surface area (Å²) in [7, 11) is 4.23. The quantitative estimate of drug-likeness (QED) is 0.614. The lowest BCUT2D eigenvalue weighted by Gasteiger charge is -2.19. The van der Waals surface area contributed by atoms with Crippen molar-refractivity contribution in [2.75, 3.05) is 20.6 Å². The standard InChI is InChI=1S/C8H18N2/c1-10(2)6-7-4-3-5-8(7)9/h7-8H,3-6,9H2,1-2H3/t7-,8+/m1/s1. The Labute approximate surface area is 63.4 Å². The van der Waals surface area contributed by atoms with Gasteiger partial charge in [0.25, 0.3) is 0 Å². The Hall–Kier alpha value is -0.0800. The maximum atomic E-state index is 5.90. The number of nitrogens with two attached hydrogens (primary N) is 1. The molecule has 1 fully saturated rings. The SMILES string of the molecule is CN(C)C[C@H]1CCC[C@@H]1N. The Morgan fingerprint density at radius 1 is 1.40 bits per heavy atom. The first kappa shape index (κ1) is 8.02. The molecule has 0 amide bonds. The monoisotopic (exact) mass is 142 g/mol. The second kappa shape index (κ2) is 3.35. The first-order valence-corrected chi connectivity index (χ1v) is 4.10. The van der Waals surface area contributed by atoms with Crippen LogP contribution in [0.1, 0.15) is 19.3 Å². The van der Waals surface area contributed by atoms with Crippen LogP contribution in [0.2, 0.25) is 0 Å². The molecule has 2 heteroatoms. The van der Waals surface area contributed by atoms with Gasteiger partial charge in [-0.05, 0) is 32.9 Å². The average molecular weight is 142 g/mol. The molecule has 0 aromatic rings. The fourth-order valence-corrected chi connectivity index (χ4v) is 1.76.